The van der Waals surface area contributed by atoms with Gasteiger partial charge in [0, 0.05) is 24.3 Å². The summed E-state index contributed by atoms with van der Waals surface area (Å²) in [5, 5.41) is 12.1. The fraction of sp³-hybridized carbons (Fsp3) is 0.118. The fourth-order valence-corrected chi connectivity index (χ4v) is 5.54. The first-order valence-electron chi connectivity index (χ1n) is 14.5. The lowest BCUT2D eigenvalue weighted by molar-refractivity contribution is 0.483. The van der Waals surface area contributed by atoms with E-state index in [4.69, 9.17) is 4.74 Å². The Hall–Kier alpha value is -5.60. The molecule has 3 N–H and O–H groups in total. The number of hydrazone groups is 2. The molecule has 14 heteroatoms. The second kappa shape index (κ2) is 14.4. The van der Waals surface area contributed by atoms with Crippen LogP contribution in [0.5, 0.6) is 11.5 Å². The van der Waals surface area contributed by atoms with Crippen LogP contribution in [0.3, 0.4) is 0 Å². The molecule has 4 aromatic carbocycles. The van der Waals surface area contributed by atoms with Gasteiger partial charge in [0.05, 0.1) is 21.2 Å². The molecule has 246 valence electrons. The van der Waals surface area contributed by atoms with E-state index in [1.807, 2.05) is 54.6 Å². The van der Waals surface area contributed by atoms with E-state index in [2.05, 4.69) is 36.3 Å². The summed E-state index contributed by atoms with van der Waals surface area (Å²) in [5.74, 6) is 2.32. The van der Waals surface area contributed by atoms with Gasteiger partial charge in [0.2, 0.25) is 5.95 Å². The number of hydrogen-bond donors (Lipinski definition) is 3. The number of nitrogens with one attached hydrogen (secondary N) is 3. The van der Waals surface area contributed by atoms with Crippen molar-refractivity contribution in [3.05, 3.63) is 120 Å². The maximum atomic E-state index is 11.8. The summed E-state index contributed by atoms with van der Waals surface area (Å²) in [4.78, 5) is 9.54. The van der Waals surface area contributed by atoms with Crippen LogP contribution >= 0.6 is 0 Å². The predicted octanol–water partition coefficient (Wildman–Crippen LogP) is 6.49. The van der Waals surface area contributed by atoms with Crippen molar-refractivity contribution in [2.75, 3.05) is 28.7 Å². The van der Waals surface area contributed by atoms with Crippen molar-refractivity contribution in [2.24, 2.45) is 10.2 Å². The number of rotatable bonds is 12. The second-order valence-electron chi connectivity index (χ2n) is 10.7. The summed E-state index contributed by atoms with van der Waals surface area (Å²) in [7, 11) is -6.64. The van der Waals surface area contributed by atoms with Crippen LogP contribution in [-0.4, -0.2) is 50.7 Å². The lowest BCUT2D eigenvalue weighted by atomic mass is 10.1. The molecule has 0 unspecified atom stereocenters. The Bertz CT molecular complexity index is 2060. The number of aromatic nitrogens is 2. The average molecular weight is 684 g/mol. The number of nitrogens with zero attached hydrogens (tertiary/aromatic N) is 4. The number of ether oxygens (including phenoxy) is 1. The summed E-state index contributed by atoms with van der Waals surface area (Å²) < 4.78 is 53.2. The van der Waals surface area contributed by atoms with E-state index in [-0.39, 0.29) is 15.7 Å². The molecule has 0 radical (unpaired) electrons. The largest absolute Gasteiger partial charge is 0.457 e. The molecule has 0 aliphatic heterocycles. The third-order valence-corrected chi connectivity index (χ3v) is 9.15. The van der Waals surface area contributed by atoms with Gasteiger partial charge in [-0.05, 0) is 85.6 Å². The highest BCUT2D eigenvalue weighted by Gasteiger charge is 2.10. The van der Waals surface area contributed by atoms with Crippen molar-refractivity contribution in [1.29, 1.82) is 0 Å². The highest BCUT2D eigenvalue weighted by Crippen LogP contribution is 2.25. The Balaban J connectivity index is 1.38. The van der Waals surface area contributed by atoms with Crippen molar-refractivity contribution >= 4 is 54.4 Å². The summed E-state index contributed by atoms with van der Waals surface area (Å²) in [6, 6.07) is 31.2. The molecule has 0 atom stereocenters. The fourth-order valence-electron chi connectivity index (χ4n) is 4.28. The standard InChI is InChI=1S/C34H33N7O5S2/c1-23(25-10-18-30(19-11-25)47(3,42)43)38-40-32-22-33(41-39-24(2)26-12-20-31(21-13-26)48(4,44)45)37-34(36-32)35-27-14-16-29(17-15-27)46-28-8-6-5-7-9-28/h5-22H,1-4H3,(H3,35,36,37,40,41). The molecule has 0 fully saturated rings. The number of hydrogen-bond acceptors (Lipinski definition) is 12. The molecule has 0 aliphatic rings. The van der Waals surface area contributed by atoms with Crippen LogP contribution in [0.1, 0.15) is 25.0 Å². The molecule has 1 heterocycles. The Morgan fingerprint density at radius 2 is 1.04 bits per heavy atom. The van der Waals surface area contributed by atoms with Gasteiger partial charge >= 0.3 is 0 Å². The molecule has 0 saturated heterocycles. The lowest BCUT2D eigenvalue weighted by Gasteiger charge is -2.11. The van der Waals surface area contributed by atoms with Gasteiger partial charge in [-0.25, -0.2) is 16.8 Å². The zero-order valence-electron chi connectivity index (χ0n) is 26.5. The van der Waals surface area contributed by atoms with Crippen molar-refractivity contribution in [3.8, 4) is 11.5 Å². The summed E-state index contributed by atoms with van der Waals surface area (Å²) in [6.45, 7) is 3.56. The molecule has 1 aromatic heterocycles. The van der Waals surface area contributed by atoms with Crippen molar-refractivity contribution in [3.63, 3.8) is 0 Å². The average Bonchev–Trinajstić information content (AvgIpc) is 3.07. The Kier molecular flexibility index (Phi) is 10.2. The summed E-state index contributed by atoms with van der Waals surface area (Å²) in [6.07, 6.45) is 2.31. The van der Waals surface area contributed by atoms with Crippen LogP contribution in [0.15, 0.2) is 129 Å². The van der Waals surface area contributed by atoms with Crippen LogP contribution < -0.4 is 20.9 Å². The zero-order chi connectivity index (χ0) is 34.3. The third kappa shape index (κ3) is 9.24. The molecule has 0 aliphatic carbocycles. The normalized spacial score (nSPS) is 12.3. The van der Waals surface area contributed by atoms with Crippen LogP contribution in [0.25, 0.3) is 0 Å². The molecule has 0 spiro atoms. The number of sulfone groups is 2. The minimum atomic E-state index is -3.32. The van der Waals surface area contributed by atoms with E-state index < -0.39 is 19.7 Å². The van der Waals surface area contributed by atoms with E-state index >= 15 is 0 Å². The third-order valence-electron chi connectivity index (χ3n) is 6.89. The molecule has 5 aromatic rings. The van der Waals surface area contributed by atoms with Crippen molar-refractivity contribution in [2.45, 2.75) is 23.6 Å². The van der Waals surface area contributed by atoms with Gasteiger partial charge in [-0.15, -0.1) is 0 Å². The Labute approximate surface area is 279 Å². The van der Waals surface area contributed by atoms with Gasteiger partial charge < -0.3 is 10.1 Å². The van der Waals surface area contributed by atoms with Gasteiger partial charge in [-0.2, -0.15) is 20.2 Å². The van der Waals surface area contributed by atoms with Crippen molar-refractivity contribution < 1.29 is 21.6 Å². The first-order valence-corrected chi connectivity index (χ1v) is 18.3. The summed E-state index contributed by atoms with van der Waals surface area (Å²) >= 11 is 0. The van der Waals surface area contributed by atoms with Crippen LogP contribution in [-0.2, 0) is 19.7 Å². The van der Waals surface area contributed by atoms with Gasteiger partial charge in [0.1, 0.15) is 11.5 Å². The molecular formula is C34H33N7O5S2. The van der Waals surface area contributed by atoms with Gasteiger partial charge in [-0.1, -0.05) is 42.5 Å². The van der Waals surface area contributed by atoms with E-state index in [9.17, 15) is 16.8 Å². The predicted molar refractivity (Wildman–Crippen MR) is 189 cm³/mol. The van der Waals surface area contributed by atoms with Crippen LogP contribution in [0, 0.1) is 0 Å². The zero-order valence-corrected chi connectivity index (χ0v) is 28.2. The van der Waals surface area contributed by atoms with E-state index in [1.54, 1.807) is 44.2 Å². The van der Waals surface area contributed by atoms with E-state index in [0.717, 1.165) is 29.4 Å². The molecule has 0 bridgehead atoms. The van der Waals surface area contributed by atoms with Crippen molar-refractivity contribution in [1.82, 2.24) is 9.97 Å². The van der Waals surface area contributed by atoms with Crippen LogP contribution in [0.4, 0.5) is 23.3 Å². The number of para-hydroxylation sites is 1. The number of anilines is 4. The maximum Gasteiger partial charge on any atom is 0.231 e. The molecular weight excluding hydrogens is 651 g/mol. The summed E-state index contributed by atoms with van der Waals surface area (Å²) in [5.41, 5.74) is 9.23. The highest BCUT2D eigenvalue weighted by atomic mass is 32.2. The smallest absolute Gasteiger partial charge is 0.231 e. The Morgan fingerprint density at radius 3 is 1.48 bits per heavy atom. The van der Waals surface area contributed by atoms with E-state index in [0.29, 0.717) is 34.5 Å². The SMILES string of the molecule is CC(=NNc1cc(NN=C(C)c2ccc(S(C)(=O)=O)cc2)nc(Nc2ccc(Oc3ccccc3)cc2)n1)c1ccc(S(C)(=O)=O)cc1. The monoisotopic (exact) mass is 683 g/mol. The number of benzene rings is 4. The lowest BCUT2D eigenvalue weighted by Crippen LogP contribution is -2.07. The van der Waals surface area contributed by atoms with E-state index in [1.165, 1.54) is 24.3 Å². The molecule has 12 nitrogen and oxygen atoms in total. The van der Waals surface area contributed by atoms with Crippen LogP contribution in [0.2, 0.25) is 0 Å². The minimum absolute atomic E-state index is 0.219. The van der Waals surface area contributed by atoms with Gasteiger partial charge in [0.25, 0.3) is 0 Å². The first kappa shape index (κ1) is 33.8. The molecule has 5 rings (SSSR count). The Morgan fingerprint density at radius 1 is 0.604 bits per heavy atom. The molecule has 0 saturated carbocycles. The highest BCUT2D eigenvalue weighted by molar-refractivity contribution is 7.91. The molecule has 48 heavy (non-hydrogen) atoms. The first-order chi connectivity index (χ1) is 22.8. The molecule has 0 amide bonds. The van der Waals surface area contributed by atoms with Gasteiger partial charge in [0.15, 0.2) is 31.3 Å². The topological polar surface area (TPSA) is 164 Å². The quantitative estimate of drug-likeness (QED) is 0.0978. The maximum absolute atomic E-state index is 11.8. The second-order valence-corrected chi connectivity index (χ2v) is 14.8. The van der Waals surface area contributed by atoms with Gasteiger partial charge in [-0.3, -0.25) is 10.9 Å². The minimum Gasteiger partial charge on any atom is -0.457 e.